The van der Waals surface area contributed by atoms with Crippen LogP contribution in [0.5, 0.6) is 11.5 Å². The van der Waals surface area contributed by atoms with Gasteiger partial charge in [0.2, 0.25) is 0 Å². The molecule has 0 saturated carbocycles. The van der Waals surface area contributed by atoms with Crippen LogP contribution < -0.4 is 10.5 Å². The van der Waals surface area contributed by atoms with E-state index in [1.807, 2.05) is 25.1 Å². The maximum atomic E-state index is 10.7. The molecule has 0 aliphatic rings. The molecule has 2 aromatic rings. The van der Waals surface area contributed by atoms with E-state index in [0.717, 1.165) is 11.1 Å². The van der Waals surface area contributed by atoms with Crippen LogP contribution >= 0.6 is 0 Å². The van der Waals surface area contributed by atoms with Crippen molar-refractivity contribution in [2.75, 3.05) is 0 Å². The highest BCUT2D eigenvalue weighted by atomic mass is 16.6. The first-order valence-electron chi connectivity index (χ1n) is 5.82. The molecular weight excluding hydrogens is 244 g/mol. The van der Waals surface area contributed by atoms with Crippen LogP contribution in [0.15, 0.2) is 42.5 Å². The van der Waals surface area contributed by atoms with Crippen LogP contribution in [-0.2, 0) is 6.54 Å². The third-order valence-corrected chi connectivity index (χ3v) is 2.69. The maximum absolute atomic E-state index is 10.7. The summed E-state index contributed by atoms with van der Waals surface area (Å²) in [6, 6.07) is 11.7. The minimum atomic E-state index is -0.453. The van der Waals surface area contributed by atoms with Gasteiger partial charge in [0.1, 0.15) is 11.5 Å². The van der Waals surface area contributed by atoms with Crippen LogP contribution in [0.3, 0.4) is 0 Å². The Morgan fingerprint density at radius 1 is 1.26 bits per heavy atom. The van der Waals surface area contributed by atoms with Crippen LogP contribution in [0.4, 0.5) is 5.69 Å². The maximum Gasteiger partial charge on any atom is 0.273 e. The van der Waals surface area contributed by atoms with E-state index in [0.29, 0.717) is 18.0 Å². The number of nitrogens with zero attached hydrogens (tertiary/aromatic N) is 1. The van der Waals surface area contributed by atoms with Gasteiger partial charge < -0.3 is 10.5 Å². The smallest absolute Gasteiger partial charge is 0.273 e. The zero-order valence-corrected chi connectivity index (χ0v) is 10.5. The summed E-state index contributed by atoms with van der Waals surface area (Å²) in [5, 5.41) is 10.7. The molecule has 0 heterocycles. The van der Waals surface area contributed by atoms with E-state index in [1.165, 1.54) is 12.1 Å². The molecule has 2 aromatic carbocycles. The topological polar surface area (TPSA) is 78.4 Å². The number of ether oxygens (including phenoxy) is 1. The Bertz CT molecular complexity index is 611. The number of non-ortho nitro benzene ring substituents is 1. The molecule has 5 nitrogen and oxygen atoms in total. The summed E-state index contributed by atoms with van der Waals surface area (Å²) in [5.74, 6) is 1.04. The molecule has 0 radical (unpaired) electrons. The van der Waals surface area contributed by atoms with Gasteiger partial charge in [0.15, 0.2) is 0 Å². The highest BCUT2D eigenvalue weighted by Crippen LogP contribution is 2.28. The van der Waals surface area contributed by atoms with Gasteiger partial charge >= 0.3 is 0 Å². The van der Waals surface area contributed by atoms with Gasteiger partial charge in [0.25, 0.3) is 5.69 Å². The first-order chi connectivity index (χ1) is 9.10. The summed E-state index contributed by atoms with van der Waals surface area (Å²) in [6.45, 7) is 2.32. The average Bonchev–Trinajstić information content (AvgIpc) is 2.41. The Balaban J connectivity index is 2.30. The van der Waals surface area contributed by atoms with Crippen molar-refractivity contribution >= 4 is 5.69 Å². The summed E-state index contributed by atoms with van der Waals surface area (Å²) in [7, 11) is 0. The summed E-state index contributed by atoms with van der Waals surface area (Å²) < 4.78 is 5.66. The third-order valence-electron chi connectivity index (χ3n) is 2.69. The molecule has 0 aliphatic heterocycles. The van der Waals surface area contributed by atoms with E-state index in [2.05, 4.69) is 0 Å². The quantitative estimate of drug-likeness (QED) is 0.675. The van der Waals surface area contributed by atoms with Gasteiger partial charge in [-0.1, -0.05) is 23.8 Å². The van der Waals surface area contributed by atoms with E-state index in [9.17, 15) is 10.1 Å². The van der Waals surface area contributed by atoms with Crippen molar-refractivity contribution in [1.29, 1.82) is 0 Å². The van der Waals surface area contributed by atoms with Crippen molar-refractivity contribution in [1.82, 2.24) is 0 Å². The van der Waals surface area contributed by atoms with E-state index in [4.69, 9.17) is 10.5 Å². The average molecular weight is 258 g/mol. The fourth-order valence-corrected chi connectivity index (χ4v) is 1.75. The second kappa shape index (κ2) is 5.49. The van der Waals surface area contributed by atoms with Crippen LogP contribution in [0.25, 0.3) is 0 Å². The van der Waals surface area contributed by atoms with Gasteiger partial charge in [-0.2, -0.15) is 0 Å². The molecule has 0 aromatic heterocycles. The minimum Gasteiger partial charge on any atom is -0.457 e. The fraction of sp³-hybridized carbons (Fsp3) is 0.143. The van der Waals surface area contributed by atoms with Crippen LogP contribution in [0.1, 0.15) is 11.1 Å². The van der Waals surface area contributed by atoms with Gasteiger partial charge in [0, 0.05) is 18.2 Å². The fourth-order valence-electron chi connectivity index (χ4n) is 1.75. The zero-order chi connectivity index (χ0) is 13.8. The van der Waals surface area contributed by atoms with Gasteiger partial charge in [-0.15, -0.1) is 0 Å². The number of hydrogen-bond donors (Lipinski definition) is 1. The molecule has 5 heteroatoms. The number of hydrogen-bond acceptors (Lipinski definition) is 4. The summed E-state index contributed by atoms with van der Waals surface area (Å²) in [5.41, 5.74) is 7.62. The molecule has 2 N–H and O–H groups in total. The lowest BCUT2D eigenvalue weighted by Gasteiger charge is -2.10. The number of nitro benzene ring substituents is 1. The standard InChI is InChI=1S/C14H14N2O3/c1-10-5-6-14(11(7-10)9-15)19-13-4-2-3-12(8-13)16(17)18/h2-8H,9,15H2,1H3. The van der Waals surface area contributed by atoms with Gasteiger partial charge in [-0.25, -0.2) is 0 Å². The minimum absolute atomic E-state index is 0.00101. The number of nitrogens with two attached hydrogens (primary N) is 1. The molecular formula is C14H14N2O3. The SMILES string of the molecule is Cc1ccc(Oc2cccc([N+](=O)[O-])c2)c(CN)c1. The predicted octanol–water partition coefficient (Wildman–Crippen LogP) is 3.15. The summed E-state index contributed by atoms with van der Waals surface area (Å²) in [6.07, 6.45) is 0. The molecule has 0 fully saturated rings. The van der Waals surface area contributed by atoms with Crippen molar-refractivity contribution in [3.63, 3.8) is 0 Å². The van der Waals surface area contributed by atoms with E-state index < -0.39 is 4.92 Å². The second-order valence-corrected chi connectivity index (χ2v) is 4.17. The third kappa shape index (κ3) is 3.08. The Kier molecular flexibility index (Phi) is 3.77. The number of rotatable bonds is 4. The van der Waals surface area contributed by atoms with Gasteiger partial charge in [0.05, 0.1) is 11.0 Å². The molecule has 19 heavy (non-hydrogen) atoms. The van der Waals surface area contributed by atoms with Crippen LogP contribution in [0.2, 0.25) is 0 Å². The highest BCUT2D eigenvalue weighted by molar-refractivity contribution is 5.43. The summed E-state index contributed by atoms with van der Waals surface area (Å²) in [4.78, 5) is 10.3. The first-order valence-corrected chi connectivity index (χ1v) is 5.82. The highest BCUT2D eigenvalue weighted by Gasteiger charge is 2.09. The van der Waals surface area contributed by atoms with Crippen molar-refractivity contribution < 1.29 is 9.66 Å². The van der Waals surface area contributed by atoms with Crippen molar-refractivity contribution in [3.8, 4) is 11.5 Å². The van der Waals surface area contributed by atoms with Crippen molar-refractivity contribution in [2.45, 2.75) is 13.5 Å². The first kappa shape index (κ1) is 13.0. The lowest BCUT2D eigenvalue weighted by Crippen LogP contribution is -2.00. The van der Waals surface area contributed by atoms with Gasteiger partial charge in [-0.3, -0.25) is 10.1 Å². The van der Waals surface area contributed by atoms with E-state index in [-0.39, 0.29) is 5.69 Å². The lowest BCUT2D eigenvalue weighted by atomic mass is 10.1. The van der Waals surface area contributed by atoms with E-state index >= 15 is 0 Å². The van der Waals surface area contributed by atoms with Crippen LogP contribution in [-0.4, -0.2) is 4.92 Å². The number of nitro groups is 1. The number of benzene rings is 2. The normalized spacial score (nSPS) is 10.2. The van der Waals surface area contributed by atoms with Crippen LogP contribution in [0, 0.1) is 17.0 Å². The lowest BCUT2D eigenvalue weighted by molar-refractivity contribution is -0.384. The molecule has 2 rings (SSSR count). The van der Waals surface area contributed by atoms with Gasteiger partial charge in [-0.05, 0) is 19.1 Å². The van der Waals surface area contributed by atoms with Crippen molar-refractivity contribution in [2.24, 2.45) is 5.73 Å². The number of aryl methyl sites for hydroxylation is 1. The van der Waals surface area contributed by atoms with E-state index in [1.54, 1.807) is 12.1 Å². The second-order valence-electron chi connectivity index (χ2n) is 4.17. The Morgan fingerprint density at radius 2 is 2.05 bits per heavy atom. The Hall–Kier alpha value is -2.40. The summed E-state index contributed by atoms with van der Waals surface area (Å²) >= 11 is 0. The molecule has 98 valence electrons. The molecule has 0 atom stereocenters. The molecule has 0 saturated heterocycles. The Labute approximate surface area is 110 Å². The molecule has 0 bridgehead atoms. The predicted molar refractivity (Wildman–Crippen MR) is 72.2 cm³/mol. The molecule has 0 amide bonds. The zero-order valence-electron chi connectivity index (χ0n) is 10.5. The molecule has 0 aliphatic carbocycles. The molecule has 0 spiro atoms. The molecule has 0 unspecified atom stereocenters. The van der Waals surface area contributed by atoms with Crippen molar-refractivity contribution in [3.05, 3.63) is 63.7 Å². The largest absolute Gasteiger partial charge is 0.457 e. The Morgan fingerprint density at radius 3 is 2.74 bits per heavy atom. The monoisotopic (exact) mass is 258 g/mol.